The number of amides is 1. The van der Waals surface area contributed by atoms with E-state index in [1.54, 1.807) is 12.1 Å². The fourth-order valence-corrected chi connectivity index (χ4v) is 4.96. The zero-order valence-electron chi connectivity index (χ0n) is 14.4. The lowest BCUT2D eigenvalue weighted by Crippen LogP contribution is -2.45. The first-order valence-corrected chi connectivity index (χ1v) is 10.6. The van der Waals surface area contributed by atoms with Gasteiger partial charge in [-0.05, 0) is 55.2 Å². The van der Waals surface area contributed by atoms with Crippen molar-refractivity contribution in [2.45, 2.75) is 45.1 Å². The second-order valence-electron chi connectivity index (χ2n) is 7.14. The normalized spacial score (nSPS) is 25.7. The number of anilines is 1. The van der Waals surface area contributed by atoms with Gasteiger partial charge >= 0.3 is 0 Å². The van der Waals surface area contributed by atoms with Crippen LogP contribution >= 0.6 is 0 Å². The summed E-state index contributed by atoms with van der Waals surface area (Å²) in [6.07, 6.45) is 6.75. The maximum Gasteiger partial charge on any atom is 0.241 e. The molecule has 0 aromatic heterocycles. The van der Waals surface area contributed by atoms with Crippen LogP contribution in [-0.2, 0) is 21.2 Å². The summed E-state index contributed by atoms with van der Waals surface area (Å²) in [6.45, 7) is 1.89. The number of sulfonamides is 1. The average Bonchev–Trinajstić information content (AvgIpc) is 3.14. The van der Waals surface area contributed by atoms with E-state index in [2.05, 4.69) is 5.32 Å². The summed E-state index contributed by atoms with van der Waals surface area (Å²) in [7, 11) is -3.50. The number of fused-ring (bicyclic) bond motifs is 2. The maximum atomic E-state index is 12.4. The summed E-state index contributed by atoms with van der Waals surface area (Å²) >= 11 is 0. The monoisotopic (exact) mass is 350 g/mol. The molecule has 2 bridgehead atoms. The van der Waals surface area contributed by atoms with Crippen LogP contribution in [-0.4, -0.2) is 33.2 Å². The van der Waals surface area contributed by atoms with Crippen molar-refractivity contribution in [1.82, 2.24) is 5.32 Å². The molecule has 2 saturated carbocycles. The molecule has 1 N–H and O–H groups in total. The Morgan fingerprint density at radius 1 is 1.21 bits per heavy atom. The Morgan fingerprint density at radius 2 is 1.92 bits per heavy atom. The van der Waals surface area contributed by atoms with Crippen molar-refractivity contribution < 1.29 is 13.2 Å². The summed E-state index contributed by atoms with van der Waals surface area (Å²) in [5.41, 5.74) is 1.68. The van der Waals surface area contributed by atoms with Crippen molar-refractivity contribution in [3.8, 4) is 0 Å². The fourth-order valence-electron chi connectivity index (χ4n) is 4.10. The number of aryl methyl sites for hydroxylation is 1. The van der Waals surface area contributed by atoms with E-state index in [1.807, 2.05) is 19.1 Å². The van der Waals surface area contributed by atoms with Crippen molar-refractivity contribution in [3.63, 3.8) is 0 Å². The third kappa shape index (κ3) is 3.74. The molecule has 1 aromatic rings. The number of carbonyl (C=O) groups excluding carboxylic acids is 1. The highest BCUT2D eigenvalue weighted by Gasteiger charge is 2.40. The van der Waals surface area contributed by atoms with Gasteiger partial charge in [0.15, 0.2) is 0 Å². The van der Waals surface area contributed by atoms with E-state index < -0.39 is 10.0 Å². The van der Waals surface area contributed by atoms with Crippen molar-refractivity contribution in [3.05, 3.63) is 29.8 Å². The smallest absolute Gasteiger partial charge is 0.241 e. The molecular weight excluding hydrogens is 324 g/mol. The molecule has 24 heavy (non-hydrogen) atoms. The van der Waals surface area contributed by atoms with E-state index in [-0.39, 0.29) is 18.5 Å². The number of rotatable bonds is 6. The van der Waals surface area contributed by atoms with Crippen LogP contribution < -0.4 is 9.62 Å². The highest BCUT2D eigenvalue weighted by atomic mass is 32.2. The van der Waals surface area contributed by atoms with Gasteiger partial charge in [-0.3, -0.25) is 9.10 Å². The van der Waals surface area contributed by atoms with Gasteiger partial charge in [-0.2, -0.15) is 0 Å². The standard InChI is InChI=1S/C18H26N2O3S/c1-3-13-5-8-16(9-6-13)20(24(2,22)23)12-18(21)19-17-11-14-4-7-15(17)10-14/h5-6,8-9,14-15,17H,3-4,7,10-12H2,1-2H3,(H,19,21)/t14-,15-,17+/m1/s1. The van der Waals surface area contributed by atoms with Gasteiger partial charge in [0.05, 0.1) is 11.9 Å². The molecule has 0 heterocycles. The highest BCUT2D eigenvalue weighted by molar-refractivity contribution is 7.92. The molecule has 0 saturated heterocycles. The van der Waals surface area contributed by atoms with Gasteiger partial charge in [-0.15, -0.1) is 0 Å². The number of carbonyl (C=O) groups is 1. The summed E-state index contributed by atoms with van der Waals surface area (Å²) in [5.74, 6) is 1.11. The van der Waals surface area contributed by atoms with E-state index in [1.165, 1.54) is 23.6 Å². The molecular formula is C18H26N2O3S. The van der Waals surface area contributed by atoms with Crippen LogP contribution in [0.25, 0.3) is 0 Å². The summed E-state index contributed by atoms with van der Waals surface area (Å²) < 4.78 is 25.5. The third-order valence-corrected chi connectivity index (χ3v) is 6.55. The molecule has 2 aliphatic carbocycles. The molecule has 0 aliphatic heterocycles. The molecule has 5 nitrogen and oxygen atoms in total. The minimum Gasteiger partial charge on any atom is -0.352 e. The van der Waals surface area contributed by atoms with Gasteiger partial charge in [0, 0.05) is 6.04 Å². The van der Waals surface area contributed by atoms with Crippen LogP contribution in [0.5, 0.6) is 0 Å². The van der Waals surface area contributed by atoms with Crippen molar-refractivity contribution in [1.29, 1.82) is 0 Å². The Hall–Kier alpha value is -1.56. The van der Waals surface area contributed by atoms with Crippen LogP contribution in [0.2, 0.25) is 0 Å². The maximum absolute atomic E-state index is 12.4. The van der Waals surface area contributed by atoms with Crippen LogP contribution in [0, 0.1) is 11.8 Å². The van der Waals surface area contributed by atoms with Crippen LogP contribution in [0.1, 0.15) is 38.2 Å². The van der Waals surface area contributed by atoms with E-state index in [4.69, 9.17) is 0 Å². The first kappa shape index (κ1) is 17.3. The third-order valence-electron chi connectivity index (χ3n) is 5.40. The van der Waals surface area contributed by atoms with Crippen molar-refractivity contribution in [2.75, 3.05) is 17.1 Å². The predicted octanol–water partition coefficient (Wildman–Crippen LogP) is 2.32. The summed E-state index contributed by atoms with van der Waals surface area (Å²) in [5, 5.41) is 3.06. The molecule has 1 amide bonds. The van der Waals surface area contributed by atoms with E-state index in [9.17, 15) is 13.2 Å². The Labute approximate surface area is 144 Å². The topological polar surface area (TPSA) is 66.5 Å². The lowest BCUT2D eigenvalue weighted by atomic mass is 9.95. The largest absolute Gasteiger partial charge is 0.352 e. The van der Waals surface area contributed by atoms with Gasteiger partial charge < -0.3 is 5.32 Å². The number of hydrogen-bond donors (Lipinski definition) is 1. The minimum atomic E-state index is -3.50. The number of nitrogens with zero attached hydrogens (tertiary/aromatic N) is 1. The first-order valence-electron chi connectivity index (χ1n) is 8.73. The van der Waals surface area contributed by atoms with Crippen molar-refractivity contribution >= 4 is 21.6 Å². The predicted molar refractivity (Wildman–Crippen MR) is 95.4 cm³/mol. The van der Waals surface area contributed by atoms with Crippen molar-refractivity contribution in [2.24, 2.45) is 11.8 Å². The van der Waals surface area contributed by atoms with Gasteiger partial charge in [-0.25, -0.2) is 8.42 Å². The molecule has 2 fully saturated rings. The Kier molecular flexibility index (Phi) is 4.85. The highest BCUT2D eigenvalue weighted by Crippen LogP contribution is 2.44. The zero-order valence-corrected chi connectivity index (χ0v) is 15.2. The molecule has 3 rings (SSSR count). The second kappa shape index (κ2) is 6.75. The molecule has 2 aliphatic rings. The van der Waals surface area contributed by atoms with E-state index in [0.29, 0.717) is 11.6 Å². The molecule has 0 unspecified atom stereocenters. The van der Waals surface area contributed by atoms with Crippen LogP contribution in [0.4, 0.5) is 5.69 Å². The Bertz CT molecular complexity index is 699. The van der Waals surface area contributed by atoms with Gasteiger partial charge in [-0.1, -0.05) is 25.5 Å². The molecule has 0 radical (unpaired) electrons. The number of hydrogen-bond acceptors (Lipinski definition) is 3. The first-order chi connectivity index (χ1) is 11.4. The second-order valence-corrected chi connectivity index (χ2v) is 9.05. The summed E-state index contributed by atoms with van der Waals surface area (Å²) in [4.78, 5) is 12.4. The fraction of sp³-hybridized carbons (Fsp3) is 0.611. The minimum absolute atomic E-state index is 0.155. The zero-order chi connectivity index (χ0) is 17.3. The number of benzene rings is 1. The average molecular weight is 350 g/mol. The van der Waals surface area contributed by atoms with Gasteiger partial charge in [0.25, 0.3) is 0 Å². The SMILES string of the molecule is CCc1ccc(N(CC(=O)N[C@H]2C[C@@H]3CC[C@@H]2C3)S(C)(=O)=O)cc1. The lowest BCUT2D eigenvalue weighted by Gasteiger charge is -2.26. The molecule has 3 atom stereocenters. The number of nitrogens with one attached hydrogen (secondary N) is 1. The molecule has 0 spiro atoms. The molecule has 6 heteroatoms. The van der Waals surface area contributed by atoms with Gasteiger partial charge in [0.1, 0.15) is 6.54 Å². The van der Waals surface area contributed by atoms with Crippen LogP contribution in [0.15, 0.2) is 24.3 Å². The molecule has 1 aromatic carbocycles. The lowest BCUT2D eigenvalue weighted by molar-refractivity contribution is -0.120. The molecule has 132 valence electrons. The van der Waals surface area contributed by atoms with E-state index >= 15 is 0 Å². The Morgan fingerprint density at radius 3 is 2.42 bits per heavy atom. The van der Waals surface area contributed by atoms with Crippen LogP contribution in [0.3, 0.4) is 0 Å². The Balaban J connectivity index is 1.68. The van der Waals surface area contributed by atoms with E-state index in [0.717, 1.165) is 30.6 Å². The summed E-state index contributed by atoms with van der Waals surface area (Å²) in [6, 6.07) is 7.57. The van der Waals surface area contributed by atoms with Gasteiger partial charge in [0.2, 0.25) is 15.9 Å². The quantitative estimate of drug-likeness (QED) is 0.856.